The van der Waals surface area contributed by atoms with Gasteiger partial charge in [-0.3, -0.25) is 9.48 Å². The molecule has 2 aromatic rings. The minimum atomic E-state index is 0.00885. The number of carbonyl (C=O) groups excluding carboxylic acids is 1. The van der Waals surface area contributed by atoms with Gasteiger partial charge >= 0.3 is 0 Å². The lowest BCUT2D eigenvalue weighted by Crippen LogP contribution is -1.99. The van der Waals surface area contributed by atoms with Gasteiger partial charge in [0.05, 0.1) is 6.20 Å². The number of halogens is 1. The SMILES string of the molecule is Cn1cc(CCC(=O)c2ccc(Br)o2)cn1. The summed E-state index contributed by atoms with van der Waals surface area (Å²) in [5.74, 6) is 0.408. The molecule has 0 radical (unpaired) electrons. The number of carbonyl (C=O) groups is 1. The molecule has 84 valence electrons. The average molecular weight is 283 g/mol. The van der Waals surface area contributed by atoms with E-state index < -0.39 is 0 Å². The molecule has 0 unspecified atom stereocenters. The van der Waals surface area contributed by atoms with Gasteiger partial charge in [-0.05, 0) is 40.0 Å². The van der Waals surface area contributed by atoms with Crippen molar-refractivity contribution in [2.75, 3.05) is 0 Å². The Labute approximate surface area is 101 Å². The summed E-state index contributed by atoms with van der Waals surface area (Å²) in [5.41, 5.74) is 1.06. The molecule has 0 saturated carbocycles. The highest BCUT2D eigenvalue weighted by Crippen LogP contribution is 2.16. The Morgan fingerprint density at radius 1 is 1.56 bits per heavy atom. The first-order chi connectivity index (χ1) is 7.65. The second-order valence-corrected chi connectivity index (χ2v) is 4.33. The molecule has 0 amide bonds. The summed E-state index contributed by atoms with van der Waals surface area (Å²) in [7, 11) is 1.86. The van der Waals surface area contributed by atoms with Gasteiger partial charge in [-0.1, -0.05) is 0 Å². The first-order valence-electron chi connectivity index (χ1n) is 4.91. The molecule has 5 heteroatoms. The van der Waals surface area contributed by atoms with Crippen molar-refractivity contribution in [2.45, 2.75) is 12.8 Å². The van der Waals surface area contributed by atoms with Crippen LogP contribution in [0.1, 0.15) is 22.5 Å². The first kappa shape index (κ1) is 11.1. The van der Waals surface area contributed by atoms with Crippen LogP contribution in [-0.4, -0.2) is 15.6 Å². The van der Waals surface area contributed by atoms with E-state index in [1.165, 1.54) is 0 Å². The Morgan fingerprint density at radius 2 is 2.38 bits per heavy atom. The van der Waals surface area contributed by atoms with E-state index in [1.807, 2.05) is 13.2 Å². The fourth-order valence-electron chi connectivity index (χ4n) is 1.45. The van der Waals surface area contributed by atoms with Crippen LogP contribution in [0, 0.1) is 0 Å². The van der Waals surface area contributed by atoms with E-state index in [-0.39, 0.29) is 5.78 Å². The summed E-state index contributed by atoms with van der Waals surface area (Å²) < 4.78 is 7.49. The summed E-state index contributed by atoms with van der Waals surface area (Å²) in [6, 6.07) is 3.40. The van der Waals surface area contributed by atoms with Gasteiger partial charge in [0.1, 0.15) is 0 Å². The standard InChI is InChI=1S/C11H11BrN2O2/c1-14-7-8(6-13-14)2-3-9(15)10-4-5-11(12)16-10/h4-7H,2-3H2,1H3. The van der Waals surface area contributed by atoms with Gasteiger partial charge in [-0.25, -0.2) is 0 Å². The number of rotatable bonds is 4. The van der Waals surface area contributed by atoms with Crippen LogP contribution in [0.4, 0.5) is 0 Å². The van der Waals surface area contributed by atoms with E-state index in [0.717, 1.165) is 5.56 Å². The third-order valence-electron chi connectivity index (χ3n) is 2.25. The predicted octanol–water partition coefficient (Wildman–Crippen LogP) is 2.59. The lowest BCUT2D eigenvalue weighted by Gasteiger charge is -1.95. The molecule has 0 aliphatic heterocycles. The number of furan rings is 1. The average Bonchev–Trinajstić information content (AvgIpc) is 2.84. The van der Waals surface area contributed by atoms with Crippen LogP contribution in [0.5, 0.6) is 0 Å². The molecule has 0 aliphatic carbocycles. The van der Waals surface area contributed by atoms with E-state index in [9.17, 15) is 4.79 Å². The highest BCUT2D eigenvalue weighted by atomic mass is 79.9. The zero-order valence-electron chi connectivity index (χ0n) is 8.81. The maximum absolute atomic E-state index is 11.7. The largest absolute Gasteiger partial charge is 0.446 e. The highest BCUT2D eigenvalue weighted by molar-refractivity contribution is 9.10. The molecule has 0 bridgehead atoms. The van der Waals surface area contributed by atoms with Gasteiger partial charge in [-0.2, -0.15) is 5.10 Å². The van der Waals surface area contributed by atoms with Gasteiger partial charge in [0.25, 0.3) is 0 Å². The van der Waals surface area contributed by atoms with Crippen LogP contribution in [0.25, 0.3) is 0 Å². The van der Waals surface area contributed by atoms with Crippen LogP contribution in [-0.2, 0) is 13.5 Å². The minimum Gasteiger partial charge on any atom is -0.446 e. The summed E-state index contributed by atoms with van der Waals surface area (Å²) in [4.78, 5) is 11.7. The Balaban J connectivity index is 1.93. The number of nitrogens with zero attached hydrogens (tertiary/aromatic N) is 2. The molecule has 0 aromatic carbocycles. The van der Waals surface area contributed by atoms with E-state index in [2.05, 4.69) is 21.0 Å². The monoisotopic (exact) mass is 282 g/mol. The van der Waals surface area contributed by atoms with E-state index >= 15 is 0 Å². The number of aromatic nitrogens is 2. The normalized spacial score (nSPS) is 10.6. The lowest BCUT2D eigenvalue weighted by atomic mass is 10.1. The molecule has 2 rings (SSSR count). The second-order valence-electron chi connectivity index (χ2n) is 3.55. The maximum Gasteiger partial charge on any atom is 0.198 e. The van der Waals surface area contributed by atoms with E-state index in [1.54, 1.807) is 23.0 Å². The zero-order chi connectivity index (χ0) is 11.5. The van der Waals surface area contributed by atoms with Crippen LogP contribution in [0.3, 0.4) is 0 Å². The Hall–Kier alpha value is -1.36. The topological polar surface area (TPSA) is 48.0 Å². The number of hydrogen-bond donors (Lipinski definition) is 0. The number of aryl methyl sites for hydroxylation is 2. The molecule has 0 aliphatic rings. The van der Waals surface area contributed by atoms with E-state index in [0.29, 0.717) is 23.3 Å². The smallest absolute Gasteiger partial charge is 0.198 e. The molecule has 0 fully saturated rings. The fourth-order valence-corrected chi connectivity index (χ4v) is 1.75. The van der Waals surface area contributed by atoms with Crippen LogP contribution in [0.2, 0.25) is 0 Å². The van der Waals surface area contributed by atoms with Gasteiger partial charge in [0.2, 0.25) is 0 Å². The van der Waals surface area contributed by atoms with Crippen LogP contribution in [0.15, 0.2) is 33.6 Å². The van der Waals surface area contributed by atoms with Crippen LogP contribution < -0.4 is 0 Å². The van der Waals surface area contributed by atoms with Crippen molar-refractivity contribution in [2.24, 2.45) is 7.05 Å². The molecule has 0 atom stereocenters. The molecular weight excluding hydrogens is 272 g/mol. The Kier molecular flexibility index (Phi) is 3.24. The number of Topliss-reactive ketones (excluding diaryl/α,β-unsaturated/α-hetero) is 1. The summed E-state index contributed by atoms with van der Waals surface area (Å²) in [5, 5.41) is 4.05. The molecule has 0 saturated heterocycles. The van der Waals surface area contributed by atoms with Gasteiger partial charge < -0.3 is 4.42 Å². The minimum absolute atomic E-state index is 0.00885. The first-order valence-corrected chi connectivity index (χ1v) is 5.70. The summed E-state index contributed by atoms with van der Waals surface area (Å²) in [6.07, 6.45) is 4.80. The quantitative estimate of drug-likeness (QED) is 0.810. The second kappa shape index (κ2) is 4.65. The zero-order valence-corrected chi connectivity index (χ0v) is 10.4. The Morgan fingerprint density at radius 3 is 2.94 bits per heavy atom. The molecule has 0 spiro atoms. The van der Waals surface area contributed by atoms with Gasteiger partial charge in [-0.15, -0.1) is 0 Å². The van der Waals surface area contributed by atoms with Crippen molar-refractivity contribution in [3.63, 3.8) is 0 Å². The molecule has 16 heavy (non-hydrogen) atoms. The third kappa shape index (κ3) is 2.61. The summed E-state index contributed by atoms with van der Waals surface area (Å²) in [6.45, 7) is 0. The lowest BCUT2D eigenvalue weighted by molar-refractivity contribution is 0.0955. The van der Waals surface area contributed by atoms with E-state index in [4.69, 9.17) is 4.42 Å². The summed E-state index contributed by atoms with van der Waals surface area (Å²) >= 11 is 3.17. The third-order valence-corrected chi connectivity index (χ3v) is 2.67. The van der Waals surface area contributed by atoms with Gasteiger partial charge in [0.15, 0.2) is 16.2 Å². The number of hydrogen-bond acceptors (Lipinski definition) is 3. The van der Waals surface area contributed by atoms with Crippen molar-refractivity contribution >= 4 is 21.7 Å². The Bertz CT molecular complexity index is 502. The maximum atomic E-state index is 11.7. The molecule has 0 N–H and O–H groups in total. The van der Waals surface area contributed by atoms with Crippen molar-refractivity contribution in [3.8, 4) is 0 Å². The van der Waals surface area contributed by atoms with Crippen molar-refractivity contribution in [1.82, 2.24) is 9.78 Å². The number of ketones is 1. The predicted molar refractivity (Wildman–Crippen MR) is 62.3 cm³/mol. The molecule has 4 nitrogen and oxygen atoms in total. The van der Waals surface area contributed by atoms with Crippen molar-refractivity contribution in [1.29, 1.82) is 0 Å². The molecule has 2 heterocycles. The van der Waals surface area contributed by atoms with Crippen molar-refractivity contribution in [3.05, 3.63) is 40.5 Å². The van der Waals surface area contributed by atoms with Crippen molar-refractivity contribution < 1.29 is 9.21 Å². The highest BCUT2D eigenvalue weighted by Gasteiger charge is 2.10. The fraction of sp³-hybridized carbons (Fsp3) is 0.273. The molecule has 2 aromatic heterocycles. The van der Waals surface area contributed by atoms with Gasteiger partial charge in [0, 0.05) is 19.7 Å². The molecular formula is C11H11BrN2O2. The van der Waals surface area contributed by atoms with Crippen LogP contribution >= 0.6 is 15.9 Å².